The second-order valence-electron chi connectivity index (χ2n) is 25.4. The molecule has 442 valence electrons. The molecule has 3 unspecified atom stereocenters. The molecule has 5 aromatic rings. The van der Waals surface area contributed by atoms with Gasteiger partial charge in [-0.25, -0.2) is 8.78 Å². The van der Waals surface area contributed by atoms with Gasteiger partial charge < -0.3 is 24.5 Å². The molecule has 82 heavy (non-hydrogen) atoms. The highest BCUT2D eigenvalue weighted by atomic mass is 19.1. The number of aromatic hydroxyl groups is 1. The number of phenols is 1. The number of ether oxygens (including phenoxy) is 1. The molecule has 11 rings (SSSR count). The van der Waals surface area contributed by atoms with Gasteiger partial charge in [0.05, 0.1) is 17.6 Å². The summed E-state index contributed by atoms with van der Waals surface area (Å²) in [6, 6.07) is 13.4. The van der Waals surface area contributed by atoms with Crippen molar-refractivity contribution in [3.05, 3.63) is 77.0 Å². The summed E-state index contributed by atoms with van der Waals surface area (Å²) in [5.41, 5.74) is 4.78. The molecule has 6 fully saturated rings. The third-order valence-electron chi connectivity index (χ3n) is 18.7. The van der Waals surface area contributed by atoms with Crippen LogP contribution in [0.5, 0.6) is 11.8 Å². The van der Waals surface area contributed by atoms with Gasteiger partial charge in [-0.2, -0.15) is 9.97 Å². The van der Waals surface area contributed by atoms with E-state index in [-0.39, 0.29) is 63.2 Å². The van der Waals surface area contributed by atoms with Gasteiger partial charge in [0.2, 0.25) is 11.8 Å². The average molecular weight is 1130 g/mol. The molecule has 4 saturated heterocycles. The third kappa shape index (κ3) is 14.9. The van der Waals surface area contributed by atoms with Crippen LogP contribution in [-0.4, -0.2) is 119 Å². The number of carbonyl (C=O) groups excluding carboxylic acids is 3. The number of hydrogen-bond acceptors (Lipinski definition) is 12. The van der Waals surface area contributed by atoms with Crippen molar-refractivity contribution in [2.24, 2.45) is 34.5 Å². The fraction of sp³-hybridized carbons (Fsp3) is 0.582. The quantitative estimate of drug-likeness (QED) is 0.0906. The summed E-state index contributed by atoms with van der Waals surface area (Å²) in [5, 5.41) is 14.2. The number of aryl methyl sites for hydroxylation is 2. The highest BCUT2D eigenvalue weighted by Crippen LogP contribution is 2.53. The minimum atomic E-state index is -0.698. The average Bonchev–Trinajstić information content (AvgIpc) is 2.46. The summed E-state index contributed by atoms with van der Waals surface area (Å²) >= 11 is 0. The first-order valence-corrected chi connectivity index (χ1v) is 30.4. The highest BCUT2D eigenvalue weighted by Gasteiger charge is 2.50. The Balaban J connectivity index is 0.000000355. The lowest BCUT2D eigenvalue weighted by atomic mass is 9.60. The van der Waals surface area contributed by atoms with Crippen molar-refractivity contribution in [1.29, 1.82) is 0 Å². The summed E-state index contributed by atoms with van der Waals surface area (Å²) in [7, 11) is 0. The molecule has 2 amide bonds. The largest absolute Gasteiger partial charge is 0.508 e. The first kappa shape index (κ1) is 61.8. The van der Waals surface area contributed by atoms with E-state index in [4.69, 9.17) is 21.1 Å². The van der Waals surface area contributed by atoms with Crippen LogP contribution in [0.3, 0.4) is 0 Å². The number of anilines is 2. The molecule has 2 N–H and O–H groups in total. The number of benzene rings is 3. The first-order valence-electron chi connectivity index (χ1n) is 30.4. The molecule has 6 heterocycles. The van der Waals surface area contributed by atoms with Crippen LogP contribution in [0.15, 0.2) is 48.7 Å². The van der Waals surface area contributed by atoms with Gasteiger partial charge in [-0.3, -0.25) is 29.6 Å². The standard InChI is InChI=1S/C50H57F2N7O2.C6H9NO2.C6H12O.C5H12/c1-5-39-42(51)11-9-35-24-38(60)25-40(43(35)39)45-44(52)46-41(28-53-45)47(59-16-6-7-32(2)29-59)55-48(54-46)61-31-50(12-13-50)30-56-17-14-49(15-18-56)26-37(27-49)58-21-19-57(20-22-58)36-10-8-33(3)34(4)23-36;1-4-2-3-5(8)7-6(4)9;1-4-5(2)6(3)7;1-4-5(2)3/h1,8-11,23-25,28,32,37,60H,6-7,12-22,26-27,29-31H2,2-4H3;4H,2-3H2,1H3,(H,7,8,9);5H,4H2,1-3H3;5H,4H2,1-3H3. The number of ketones is 1. The van der Waals surface area contributed by atoms with Crippen LogP contribution in [0, 0.1) is 72.3 Å². The first-order chi connectivity index (χ1) is 39.1. The second-order valence-corrected chi connectivity index (χ2v) is 25.4. The van der Waals surface area contributed by atoms with Crippen molar-refractivity contribution in [1.82, 2.24) is 30.1 Å². The van der Waals surface area contributed by atoms with Crippen molar-refractivity contribution >= 4 is 50.8 Å². The van der Waals surface area contributed by atoms with E-state index in [1.54, 1.807) is 13.1 Å². The Morgan fingerprint density at radius 3 is 2.18 bits per heavy atom. The topological polar surface area (TPSA) is 144 Å². The Morgan fingerprint density at radius 2 is 1.60 bits per heavy atom. The summed E-state index contributed by atoms with van der Waals surface area (Å²) in [5.74, 6) is 3.25. The molecule has 3 aromatic carbocycles. The van der Waals surface area contributed by atoms with Gasteiger partial charge in [0, 0.05) is 98.4 Å². The van der Waals surface area contributed by atoms with Gasteiger partial charge >= 0.3 is 6.01 Å². The number of halogens is 2. The number of piperidine rings is 3. The van der Waals surface area contributed by atoms with Crippen molar-refractivity contribution in [3.8, 4) is 35.4 Å². The number of terminal acetylenes is 1. The van der Waals surface area contributed by atoms with E-state index >= 15 is 4.39 Å². The number of phenolic OH excluding ortho intramolecular Hbond substituents is 1. The molecule has 3 atom stereocenters. The predicted molar refractivity (Wildman–Crippen MR) is 325 cm³/mol. The molecule has 2 aromatic heterocycles. The SMILES string of the molecule is C#Cc1c(F)ccc2cc(O)cc(-c3ncc4c(N5CCCC(C)C5)nc(OCC5(CN6CCC7(CC6)CC(N6CCN(c8ccc(C)c(C)c8)CC6)C7)CC5)nc4c3F)c12.CC1CCC(=O)NC1=O.CCC(C)C.CCC(C)C(C)=O. The Hall–Kier alpha value is -6.24. The predicted octanol–water partition coefficient (Wildman–Crippen LogP) is 12.6. The van der Waals surface area contributed by atoms with Crippen LogP contribution in [0.1, 0.15) is 149 Å². The van der Waals surface area contributed by atoms with Gasteiger partial charge in [-0.05, 0) is 162 Å². The van der Waals surface area contributed by atoms with E-state index in [9.17, 15) is 23.9 Å². The molecule has 13 nitrogen and oxygen atoms in total. The fourth-order valence-electron chi connectivity index (χ4n) is 12.0. The lowest BCUT2D eigenvalue weighted by Gasteiger charge is -2.56. The van der Waals surface area contributed by atoms with E-state index in [1.165, 1.54) is 73.2 Å². The highest BCUT2D eigenvalue weighted by molar-refractivity contribution is 6.03. The number of rotatable bonds is 12. The van der Waals surface area contributed by atoms with E-state index < -0.39 is 11.6 Å². The summed E-state index contributed by atoms with van der Waals surface area (Å²) in [4.78, 5) is 55.9. The van der Waals surface area contributed by atoms with Gasteiger partial charge in [0.25, 0.3) is 0 Å². The number of carbonyl (C=O) groups is 3. The summed E-state index contributed by atoms with van der Waals surface area (Å²) < 4.78 is 38.5. The molecule has 0 bridgehead atoms. The van der Waals surface area contributed by atoms with Crippen molar-refractivity contribution in [3.63, 3.8) is 0 Å². The van der Waals surface area contributed by atoms with Crippen LogP contribution >= 0.6 is 0 Å². The van der Waals surface area contributed by atoms with Gasteiger partial charge in [-0.15, -0.1) is 6.42 Å². The smallest absolute Gasteiger partial charge is 0.319 e. The summed E-state index contributed by atoms with van der Waals surface area (Å²) in [6.45, 7) is 30.4. The van der Waals surface area contributed by atoms with Crippen LogP contribution in [0.4, 0.5) is 20.3 Å². The van der Waals surface area contributed by atoms with Gasteiger partial charge in [0.15, 0.2) is 5.82 Å². The Labute approximate surface area is 486 Å². The lowest BCUT2D eigenvalue weighted by molar-refractivity contribution is -0.135. The van der Waals surface area contributed by atoms with E-state index in [0.29, 0.717) is 58.5 Å². The third-order valence-corrected chi connectivity index (χ3v) is 18.7. The van der Waals surface area contributed by atoms with Crippen molar-refractivity contribution < 1.29 is 33.0 Å². The maximum Gasteiger partial charge on any atom is 0.319 e. The zero-order valence-electron chi connectivity index (χ0n) is 50.6. The van der Waals surface area contributed by atoms with Crippen molar-refractivity contribution in [2.45, 2.75) is 152 Å². The molecule has 2 aliphatic carbocycles. The summed E-state index contributed by atoms with van der Waals surface area (Å²) in [6.07, 6.45) is 20.2. The monoisotopic (exact) mass is 1120 g/mol. The number of nitrogens with one attached hydrogen (secondary N) is 1. The molecule has 0 radical (unpaired) electrons. The van der Waals surface area contributed by atoms with Gasteiger partial charge in [0.1, 0.15) is 34.4 Å². The number of nitrogens with zero attached hydrogens (tertiary/aromatic N) is 7. The number of imide groups is 1. The normalized spacial score (nSPS) is 21.0. The lowest BCUT2D eigenvalue weighted by Crippen LogP contribution is -2.59. The van der Waals surface area contributed by atoms with Crippen LogP contribution < -0.4 is 19.9 Å². The molecule has 4 aliphatic heterocycles. The Bertz CT molecular complexity index is 3110. The molecule has 2 saturated carbocycles. The van der Waals surface area contributed by atoms with E-state index in [0.717, 1.165) is 103 Å². The zero-order chi connectivity index (χ0) is 59.0. The number of fused-ring (bicyclic) bond motifs is 2. The number of amides is 2. The number of aromatic nitrogens is 3. The maximum absolute atomic E-state index is 17.0. The molecular formula is C67H90F2N8O5. The van der Waals surface area contributed by atoms with Crippen LogP contribution in [0.2, 0.25) is 0 Å². The van der Waals surface area contributed by atoms with Gasteiger partial charge in [-0.1, -0.05) is 72.9 Å². The molecule has 15 heteroatoms. The minimum Gasteiger partial charge on any atom is -0.508 e. The van der Waals surface area contributed by atoms with Crippen LogP contribution in [-0.2, 0) is 14.4 Å². The van der Waals surface area contributed by atoms with Crippen molar-refractivity contribution in [2.75, 3.05) is 75.3 Å². The van der Waals surface area contributed by atoms with E-state index in [2.05, 4.69) is 95.6 Å². The number of Topliss-reactive ketones (excluding diaryl/α,β-unsaturated/α-hetero) is 1. The number of piperazine rings is 1. The fourth-order valence-corrected chi connectivity index (χ4v) is 12.0. The minimum absolute atomic E-state index is 0.0162. The Morgan fingerprint density at radius 1 is 0.890 bits per heavy atom. The van der Waals surface area contributed by atoms with E-state index in [1.807, 2.05) is 20.8 Å². The zero-order valence-corrected chi connectivity index (χ0v) is 50.6. The second kappa shape index (κ2) is 27.0. The van der Waals surface area contributed by atoms with Crippen LogP contribution in [0.25, 0.3) is 32.9 Å². The molecule has 1 spiro atoms. The number of likely N-dealkylation sites (tertiary alicyclic amines) is 1. The Kier molecular flexibility index (Phi) is 20.3. The maximum atomic E-state index is 17.0. The molecule has 6 aliphatic rings. The number of pyridine rings is 1. The number of hydrogen-bond donors (Lipinski definition) is 2. The molecular weight excluding hydrogens is 1030 g/mol.